The van der Waals surface area contributed by atoms with Gasteiger partial charge in [0.1, 0.15) is 11.6 Å². The van der Waals surface area contributed by atoms with E-state index in [4.69, 9.17) is 18.0 Å². The molecule has 1 saturated carbocycles. The van der Waals surface area contributed by atoms with Crippen molar-refractivity contribution in [3.05, 3.63) is 35.4 Å². The van der Waals surface area contributed by atoms with Crippen LogP contribution in [0.4, 0.5) is 8.78 Å². The van der Waals surface area contributed by atoms with Crippen molar-refractivity contribution in [3.63, 3.8) is 0 Å². The molecule has 6 heteroatoms. The van der Waals surface area contributed by atoms with Gasteiger partial charge in [0.2, 0.25) is 0 Å². The summed E-state index contributed by atoms with van der Waals surface area (Å²) in [4.78, 5) is 12.4. The van der Waals surface area contributed by atoms with Gasteiger partial charge in [-0.3, -0.25) is 4.79 Å². The molecular weight excluding hydrogens is 282 g/mol. The van der Waals surface area contributed by atoms with E-state index in [0.29, 0.717) is 12.8 Å². The molecule has 1 amide bonds. The second-order valence-corrected chi connectivity index (χ2v) is 5.53. The minimum atomic E-state index is -0.788. The zero-order valence-corrected chi connectivity index (χ0v) is 11.7. The maximum atomic E-state index is 13.6. The van der Waals surface area contributed by atoms with Crippen molar-refractivity contribution in [3.8, 4) is 0 Å². The lowest BCUT2D eigenvalue weighted by atomic mass is 9.81. The Bertz CT molecular complexity index is 542. The molecule has 3 N–H and O–H groups in total. The van der Waals surface area contributed by atoms with Crippen molar-refractivity contribution < 1.29 is 13.6 Å². The third kappa shape index (κ3) is 2.95. The van der Waals surface area contributed by atoms with Crippen LogP contribution in [0.3, 0.4) is 0 Å². The number of rotatable bonds is 3. The number of carbonyl (C=O) groups excluding carboxylic acids is 1. The van der Waals surface area contributed by atoms with Crippen LogP contribution in [0.15, 0.2) is 18.2 Å². The van der Waals surface area contributed by atoms with Crippen molar-refractivity contribution in [2.45, 2.75) is 37.6 Å². The number of carbonyl (C=O) groups is 1. The number of hydrogen-bond acceptors (Lipinski definition) is 2. The Balaban J connectivity index is 2.24. The van der Waals surface area contributed by atoms with Gasteiger partial charge in [-0.15, -0.1) is 0 Å². The second kappa shape index (κ2) is 5.83. The van der Waals surface area contributed by atoms with Crippen molar-refractivity contribution in [2.24, 2.45) is 5.73 Å². The average molecular weight is 298 g/mol. The number of amides is 1. The summed E-state index contributed by atoms with van der Waals surface area (Å²) in [5, 5.41) is 2.70. The van der Waals surface area contributed by atoms with Crippen molar-refractivity contribution in [1.29, 1.82) is 0 Å². The summed E-state index contributed by atoms with van der Waals surface area (Å²) in [6, 6.07) is 2.77. The van der Waals surface area contributed by atoms with Crippen LogP contribution in [0.25, 0.3) is 0 Å². The van der Waals surface area contributed by atoms with Crippen LogP contribution in [0.5, 0.6) is 0 Å². The maximum Gasteiger partial charge on any atom is 0.255 e. The fraction of sp³-hybridized carbons (Fsp3) is 0.429. The van der Waals surface area contributed by atoms with Crippen LogP contribution in [0.1, 0.15) is 42.5 Å². The van der Waals surface area contributed by atoms with E-state index in [0.717, 1.165) is 37.5 Å². The van der Waals surface area contributed by atoms with Gasteiger partial charge in [0.25, 0.3) is 5.91 Å². The smallest absolute Gasteiger partial charge is 0.255 e. The summed E-state index contributed by atoms with van der Waals surface area (Å²) in [5.41, 5.74) is 4.63. The monoisotopic (exact) mass is 298 g/mol. The lowest BCUT2D eigenvalue weighted by Gasteiger charge is -2.37. The summed E-state index contributed by atoms with van der Waals surface area (Å²) in [6.45, 7) is 0. The number of nitrogens with two attached hydrogens (primary N) is 1. The lowest BCUT2D eigenvalue weighted by Crippen LogP contribution is -2.57. The molecule has 0 aliphatic heterocycles. The Kier molecular flexibility index (Phi) is 4.32. The minimum Gasteiger partial charge on any atom is -0.391 e. The average Bonchev–Trinajstić information content (AvgIpc) is 2.42. The van der Waals surface area contributed by atoms with Gasteiger partial charge in [0.15, 0.2) is 0 Å². The van der Waals surface area contributed by atoms with E-state index >= 15 is 0 Å². The standard InChI is InChI=1S/C14H16F2N2OS/c15-9-4-5-11(16)10(8-9)12(19)18-14(13(17)20)6-2-1-3-7-14/h4-5,8H,1-3,6-7H2,(H2,17,20)(H,18,19). The van der Waals surface area contributed by atoms with Gasteiger partial charge in [-0.05, 0) is 31.0 Å². The molecule has 0 aromatic heterocycles. The molecule has 0 spiro atoms. The first-order chi connectivity index (χ1) is 9.44. The summed E-state index contributed by atoms with van der Waals surface area (Å²) in [5.74, 6) is -2.11. The molecule has 1 aliphatic carbocycles. The summed E-state index contributed by atoms with van der Waals surface area (Å²) in [7, 11) is 0. The van der Waals surface area contributed by atoms with E-state index < -0.39 is 23.1 Å². The molecule has 1 aromatic rings. The molecular formula is C14H16F2N2OS. The largest absolute Gasteiger partial charge is 0.391 e. The first-order valence-electron chi connectivity index (χ1n) is 6.52. The highest BCUT2D eigenvalue weighted by Gasteiger charge is 2.37. The quantitative estimate of drug-likeness (QED) is 0.844. The number of nitrogens with one attached hydrogen (secondary N) is 1. The molecule has 1 aliphatic rings. The number of hydrogen-bond donors (Lipinski definition) is 2. The van der Waals surface area contributed by atoms with Crippen LogP contribution in [-0.2, 0) is 0 Å². The topological polar surface area (TPSA) is 55.1 Å². The Morgan fingerprint density at radius 2 is 1.90 bits per heavy atom. The van der Waals surface area contributed by atoms with Crippen LogP contribution in [0.2, 0.25) is 0 Å². The molecule has 0 bridgehead atoms. The number of halogens is 2. The summed E-state index contributed by atoms with van der Waals surface area (Å²) >= 11 is 5.05. The molecule has 1 fully saturated rings. The Labute approximate surface area is 121 Å². The molecule has 108 valence electrons. The summed E-state index contributed by atoms with van der Waals surface area (Å²) in [6.07, 6.45) is 4.09. The van der Waals surface area contributed by atoms with E-state index in [1.807, 2.05) is 0 Å². The van der Waals surface area contributed by atoms with Crippen molar-refractivity contribution >= 4 is 23.1 Å². The van der Waals surface area contributed by atoms with E-state index in [9.17, 15) is 13.6 Å². The van der Waals surface area contributed by atoms with Crippen molar-refractivity contribution in [1.82, 2.24) is 5.32 Å². The molecule has 20 heavy (non-hydrogen) atoms. The predicted octanol–water partition coefficient (Wildman–Crippen LogP) is 2.68. The highest BCUT2D eigenvalue weighted by molar-refractivity contribution is 7.80. The van der Waals surface area contributed by atoms with Gasteiger partial charge in [-0.2, -0.15) is 0 Å². The SMILES string of the molecule is NC(=S)C1(NC(=O)c2cc(F)ccc2F)CCCCC1. The Morgan fingerprint density at radius 1 is 1.25 bits per heavy atom. The van der Waals surface area contributed by atoms with Gasteiger partial charge in [-0.25, -0.2) is 8.78 Å². The second-order valence-electron chi connectivity index (χ2n) is 5.09. The molecule has 0 saturated heterocycles. The number of benzene rings is 1. The molecule has 0 atom stereocenters. The van der Waals surface area contributed by atoms with Crippen LogP contribution in [-0.4, -0.2) is 16.4 Å². The van der Waals surface area contributed by atoms with Gasteiger partial charge in [0, 0.05) is 0 Å². The third-order valence-electron chi connectivity index (χ3n) is 3.70. The third-order valence-corrected chi connectivity index (χ3v) is 4.10. The number of thiocarbonyl (C=S) groups is 1. The zero-order valence-electron chi connectivity index (χ0n) is 10.9. The molecule has 1 aromatic carbocycles. The van der Waals surface area contributed by atoms with E-state index in [2.05, 4.69) is 5.32 Å². The highest BCUT2D eigenvalue weighted by atomic mass is 32.1. The predicted molar refractivity (Wildman–Crippen MR) is 76.4 cm³/mol. The molecule has 0 unspecified atom stereocenters. The minimum absolute atomic E-state index is 0.197. The van der Waals surface area contributed by atoms with Gasteiger partial charge in [0.05, 0.1) is 16.1 Å². The Morgan fingerprint density at radius 3 is 2.50 bits per heavy atom. The Hall–Kier alpha value is -1.56. The molecule has 2 rings (SSSR count). The highest BCUT2D eigenvalue weighted by Crippen LogP contribution is 2.29. The summed E-state index contributed by atoms with van der Waals surface area (Å²) < 4.78 is 26.8. The molecule has 3 nitrogen and oxygen atoms in total. The van der Waals surface area contributed by atoms with Crippen LogP contribution in [0, 0.1) is 11.6 Å². The fourth-order valence-corrected chi connectivity index (χ4v) is 2.80. The normalized spacial score (nSPS) is 17.5. The maximum absolute atomic E-state index is 13.6. The van der Waals surface area contributed by atoms with Gasteiger partial charge in [-0.1, -0.05) is 31.5 Å². The van der Waals surface area contributed by atoms with Gasteiger partial charge >= 0.3 is 0 Å². The van der Waals surface area contributed by atoms with E-state index in [1.165, 1.54) is 0 Å². The zero-order chi connectivity index (χ0) is 14.8. The van der Waals surface area contributed by atoms with E-state index in [1.54, 1.807) is 0 Å². The van der Waals surface area contributed by atoms with Gasteiger partial charge < -0.3 is 11.1 Å². The lowest BCUT2D eigenvalue weighted by molar-refractivity contribution is 0.0904. The first-order valence-corrected chi connectivity index (χ1v) is 6.93. The first kappa shape index (κ1) is 14.8. The molecule has 0 radical (unpaired) electrons. The molecule has 0 heterocycles. The van der Waals surface area contributed by atoms with Crippen LogP contribution >= 0.6 is 12.2 Å². The fourth-order valence-electron chi connectivity index (χ4n) is 2.54. The van der Waals surface area contributed by atoms with Crippen molar-refractivity contribution in [2.75, 3.05) is 0 Å². The van der Waals surface area contributed by atoms with E-state index in [-0.39, 0.29) is 10.6 Å². The van der Waals surface area contributed by atoms with Crippen LogP contribution < -0.4 is 11.1 Å².